The van der Waals surface area contributed by atoms with Gasteiger partial charge in [0.05, 0.1) is 8.07 Å². The van der Waals surface area contributed by atoms with E-state index in [1.54, 1.807) is 5.19 Å². The Bertz CT molecular complexity index is 1040. The van der Waals surface area contributed by atoms with Crippen LogP contribution in [0, 0.1) is 35.5 Å². The zero-order valence-corrected chi connectivity index (χ0v) is 21.3. The van der Waals surface area contributed by atoms with E-state index >= 15 is 0 Å². The van der Waals surface area contributed by atoms with E-state index in [1.165, 1.54) is 25.3 Å². The van der Waals surface area contributed by atoms with Gasteiger partial charge in [-0.15, -0.1) is 6.58 Å². The van der Waals surface area contributed by atoms with E-state index in [-0.39, 0.29) is 0 Å². The predicted molar refractivity (Wildman–Crippen MR) is 149 cm³/mol. The van der Waals surface area contributed by atoms with Crippen molar-refractivity contribution in [3.63, 3.8) is 0 Å². The molecule has 34 heavy (non-hydrogen) atoms. The Labute approximate surface area is 207 Å². The first-order valence-electron chi connectivity index (χ1n) is 13.6. The molecule has 0 aliphatic heterocycles. The maximum Gasteiger partial charge on any atom is 0.0946 e. The smallest absolute Gasteiger partial charge is 0.0946 e. The SMILES string of the molecule is C=CCCC[Si](c1ccccc1)(C1CCC2C=CC=CC21)C1C2C=CC=CC2C2C=CC=CC21. The van der Waals surface area contributed by atoms with Gasteiger partial charge in [0.15, 0.2) is 0 Å². The molecule has 5 aliphatic rings. The lowest BCUT2D eigenvalue weighted by molar-refractivity contribution is 0.461. The summed E-state index contributed by atoms with van der Waals surface area (Å²) in [5.41, 5.74) is 1.56. The molecule has 1 aromatic rings. The molecule has 0 N–H and O–H groups in total. The summed E-state index contributed by atoms with van der Waals surface area (Å²) in [6.07, 6.45) is 36.7. The summed E-state index contributed by atoms with van der Waals surface area (Å²) >= 11 is 0. The van der Waals surface area contributed by atoms with Gasteiger partial charge in [-0.05, 0) is 59.4 Å². The molecule has 8 atom stereocenters. The van der Waals surface area contributed by atoms with Gasteiger partial charge in [-0.2, -0.15) is 0 Å². The van der Waals surface area contributed by atoms with Crippen LogP contribution in [-0.2, 0) is 0 Å². The van der Waals surface area contributed by atoms with Crippen molar-refractivity contribution in [1.82, 2.24) is 0 Å². The monoisotopic (exact) mass is 462 g/mol. The molecular weight excluding hydrogens is 424 g/mol. The van der Waals surface area contributed by atoms with Crippen LogP contribution in [0.1, 0.15) is 25.7 Å². The number of unbranched alkanes of at least 4 members (excludes halogenated alkanes) is 1. The Morgan fingerprint density at radius 2 is 1.29 bits per heavy atom. The van der Waals surface area contributed by atoms with E-state index in [1.807, 2.05) is 0 Å². The van der Waals surface area contributed by atoms with Gasteiger partial charge in [0, 0.05) is 0 Å². The third kappa shape index (κ3) is 3.47. The van der Waals surface area contributed by atoms with E-state index in [9.17, 15) is 0 Å². The molecule has 0 aromatic heterocycles. The molecule has 0 amide bonds. The number of rotatable bonds is 7. The number of fused-ring (bicyclic) bond motifs is 4. The van der Waals surface area contributed by atoms with Gasteiger partial charge in [0.25, 0.3) is 0 Å². The molecule has 5 aliphatic carbocycles. The Hall–Kier alpha value is -2.38. The van der Waals surface area contributed by atoms with Gasteiger partial charge in [-0.3, -0.25) is 0 Å². The van der Waals surface area contributed by atoms with Crippen LogP contribution < -0.4 is 5.19 Å². The first-order chi connectivity index (χ1) is 16.8. The van der Waals surface area contributed by atoms with Crippen LogP contribution in [0.2, 0.25) is 17.1 Å². The zero-order valence-electron chi connectivity index (χ0n) is 20.3. The summed E-state index contributed by atoms with van der Waals surface area (Å²) < 4.78 is 0. The van der Waals surface area contributed by atoms with Gasteiger partial charge < -0.3 is 0 Å². The summed E-state index contributed by atoms with van der Waals surface area (Å²) in [6, 6.07) is 13.3. The third-order valence-corrected chi connectivity index (χ3v) is 16.4. The van der Waals surface area contributed by atoms with E-state index in [4.69, 9.17) is 0 Å². The second-order valence-corrected chi connectivity index (χ2v) is 15.7. The average Bonchev–Trinajstić information content (AvgIpc) is 3.48. The van der Waals surface area contributed by atoms with Crippen LogP contribution in [0.5, 0.6) is 0 Å². The number of hydrogen-bond acceptors (Lipinski definition) is 0. The van der Waals surface area contributed by atoms with Crippen LogP contribution in [0.15, 0.2) is 116 Å². The first kappa shape index (κ1) is 22.1. The largest absolute Gasteiger partial charge is 0.103 e. The van der Waals surface area contributed by atoms with Gasteiger partial charge in [0.1, 0.15) is 0 Å². The molecule has 1 heteroatoms. The third-order valence-electron chi connectivity index (χ3n) is 9.86. The fraction of sp³-hybridized carbons (Fsp3) is 0.394. The van der Waals surface area contributed by atoms with Crippen LogP contribution in [0.4, 0.5) is 0 Å². The normalized spacial score (nSPS) is 38.4. The van der Waals surface area contributed by atoms with Crippen LogP contribution in [0.3, 0.4) is 0 Å². The molecule has 0 spiro atoms. The first-order valence-corrected chi connectivity index (χ1v) is 15.9. The van der Waals surface area contributed by atoms with Crippen molar-refractivity contribution in [2.24, 2.45) is 35.5 Å². The average molecular weight is 463 g/mol. The Morgan fingerprint density at radius 1 is 0.706 bits per heavy atom. The van der Waals surface area contributed by atoms with Crippen molar-refractivity contribution >= 4 is 13.3 Å². The van der Waals surface area contributed by atoms with E-state index in [0.29, 0.717) is 29.6 Å². The van der Waals surface area contributed by atoms with E-state index in [0.717, 1.165) is 23.4 Å². The molecule has 8 unspecified atom stereocenters. The van der Waals surface area contributed by atoms with Crippen molar-refractivity contribution < 1.29 is 0 Å². The van der Waals surface area contributed by atoms with Crippen LogP contribution in [-0.4, -0.2) is 8.07 Å². The highest BCUT2D eigenvalue weighted by Gasteiger charge is 2.61. The summed E-state index contributed by atoms with van der Waals surface area (Å²) in [5, 5.41) is 1.72. The fourth-order valence-corrected chi connectivity index (χ4v) is 16.4. The summed E-state index contributed by atoms with van der Waals surface area (Å²) in [5.74, 6) is 4.06. The number of allylic oxidation sites excluding steroid dienone is 13. The highest BCUT2D eigenvalue weighted by Crippen LogP contribution is 2.64. The summed E-state index contributed by atoms with van der Waals surface area (Å²) in [4.78, 5) is 0. The standard InChI is InChI=1S/C33H38Si/c1-2-3-13-24-34(26-15-5-4-6-16-26,32-23-22-25-14-7-8-17-27(25)32)33-30-20-11-9-18-28(30)29-19-10-12-21-31(29)33/h2,4-12,14-21,25,27-33H,1,3,13,22-24H2. The topological polar surface area (TPSA) is 0 Å². The number of benzene rings is 1. The summed E-state index contributed by atoms with van der Waals surface area (Å²) in [7, 11) is -1.97. The molecule has 1 aromatic carbocycles. The minimum absolute atomic E-state index is 0.648. The maximum absolute atomic E-state index is 4.10. The molecule has 174 valence electrons. The second kappa shape index (κ2) is 9.34. The summed E-state index contributed by atoms with van der Waals surface area (Å²) in [6.45, 7) is 4.10. The molecular formula is C33H38Si. The molecule has 6 rings (SSSR count). The van der Waals surface area contributed by atoms with Crippen molar-refractivity contribution in [2.75, 3.05) is 0 Å². The Morgan fingerprint density at radius 3 is 1.94 bits per heavy atom. The van der Waals surface area contributed by atoms with Gasteiger partial charge in [-0.25, -0.2) is 0 Å². The second-order valence-electron chi connectivity index (χ2n) is 11.2. The molecule has 0 bridgehead atoms. The molecule has 0 saturated heterocycles. The van der Waals surface area contributed by atoms with Crippen LogP contribution >= 0.6 is 0 Å². The Balaban J connectivity index is 1.55. The zero-order chi connectivity index (χ0) is 23.0. The van der Waals surface area contributed by atoms with Gasteiger partial charge in [0.2, 0.25) is 0 Å². The molecule has 0 radical (unpaired) electrons. The van der Waals surface area contributed by atoms with Crippen molar-refractivity contribution in [2.45, 2.75) is 42.8 Å². The quantitative estimate of drug-likeness (QED) is 0.219. The lowest BCUT2D eigenvalue weighted by Gasteiger charge is -2.49. The molecule has 0 nitrogen and oxygen atoms in total. The van der Waals surface area contributed by atoms with Crippen molar-refractivity contribution in [3.05, 3.63) is 116 Å². The molecule has 0 heterocycles. The Kier molecular flexibility index (Phi) is 6.07. The highest BCUT2D eigenvalue weighted by molar-refractivity contribution is 6.94. The lowest BCUT2D eigenvalue weighted by atomic mass is 9.83. The minimum atomic E-state index is -1.97. The predicted octanol–water partition coefficient (Wildman–Crippen LogP) is 7.93. The van der Waals surface area contributed by atoms with Gasteiger partial charge in [-0.1, -0.05) is 133 Å². The maximum atomic E-state index is 4.10. The van der Waals surface area contributed by atoms with E-state index < -0.39 is 8.07 Å². The highest BCUT2D eigenvalue weighted by atomic mass is 28.3. The van der Waals surface area contributed by atoms with E-state index in [2.05, 4.69) is 116 Å². The minimum Gasteiger partial charge on any atom is -0.103 e. The van der Waals surface area contributed by atoms with Gasteiger partial charge >= 0.3 is 0 Å². The fourth-order valence-electron chi connectivity index (χ4n) is 8.71. The lowest BCUT2D eigenvalue weighted by Crippen LogP contribution is -2.59. The molecule has 2 fully saturated rings. The molecule has 2 saturated carbocycles. The van der Waals surface area contributed by atoms with Crippen LogP contribution in [0.25, 0.3) is 0 Å². The number of hydrogen-bond donors (Lipinski definition) is 0. The van der Waals surface area contributed by atoms with Crippen molar-refractivity contribution in [3.8, 4) is 0 Å². The van der Waals surface area contributed by atoms with Crippen molar-refractivity contribution in [1.29, 1.82) is 0 Å².